The molecule has 1 aromatic carbocycles. The maximum absolute atomic E-state index is 11.9. The van der Waals surface area contributed by atoms with Gasteiger partial charge >= 0.3 is 5.97 Å². The molecular formula is C15H19NO4. The van der Waals surface area contributed by atoms with Gasteiger partial charge in [-0.25, -0.2) is 4.79 Å². The van der Waals surface area contributed by atoms with E-state index in [-0.39, 0.29) is 6.42 Å². The fourth-order valence-corrected chi connectivity index (χ4v) is 1.61. The third-order valence-corrected chi connectivity index (χ3v) is 2.74. The number of carbonyl (C=O) groups is 2. The van der Waals surface area contributed by atoms with Gasteiger partial charge in [0.1, 0.15) is 6.04 Å². The number of nitrogens with one attached hydrogen (secondary N) is 1. The van der Waals surface area contributed by atoms with Crippen molar-refractivity contribution in [2.24, 2.45) is 0 Å². The Bertz CT molecular complexity index is 492. The zero-order valence-corrected chi connectivity index (χ0v) is 11.5. The molecule has 0 spiro atoms. The number of carboxylic acid groups (broad SMARTS) is 1. The second-order valence-electron chi connectivity index (χ2n) is 4.73. The van der Waals surface area contributed by atoms with Crippen molar-refractivity contribution >= 4 is 11.9 Å². The van der Waals surface area contributed by atoms with Crippen molar-refractivity contribution in [1.29, 1.82) is 0 Å². The zero-order valence-electron chi connectivity index (χ0n) is 11.5. The molecule has 0 aliphatic heterocycles. The maximum atomic E-state index is 11.9. The van der Waals surface area contributed by atoms with Crippen LogP contribution in [0.2, 0.25) is 0 Å². The zero-order chi connectivity index (χ0) is 15.1. The van der Waals surface area contributed by atoms with Gasteiger partial charge in [0.2, 0.25) is 0 Å². The SMILES string of the molecule is CC(C)=CC[C@@H](NC(=O)[C@@H](O)c1ccccc1)C(=O)O. The number of benzene rings is 1. The summed E-state index contributed by atoms with van der Waals surface area (Å²) >= 11 is 0. The quantitative estimate of drug-likeness (QED) is 0.690. The number of hydrogen-bond acceptors (Lipinski definition) is 3. The predicted octanol–water partition coefficient (Wildman–Crippen LogP) is 1.65. The Morgan fingerprint density at radius 3 is 2.35 bits per heavy atom. The largest absolute Gasteiger partial charge is 0.480 e. The molecule has 0 radical (unpaired) electrons. The highest BCUT2D eigenvalue weighted by atomic mass is 16.4. The minimum atomic E-state index is -1.37. The minimum Gasteiger partial charge on any atom is -0.480 e. The van der Waals surface area contributed by atoms with E-state index in [0.29, 0.717) is 5.56 Å². The van der Waals surface area contributed by atoms with Crippen LogP contribution >= 0.6 is 0 Å². The van der Waals surface area contributed by atoms with Crippen LogP contribution in [0.3, 0.4) is 0 Å². The average molecular weight is 277 g/mol. The van der Waals surface area contributed by atoms with Crippen LogP contribution < -0.4 is 5.32 Å². The molecule has 2 atom stereocenters. The summed E-state index contributed by atoms with van der Waals surface area (Å²) in [6.45, 7) is 3.69. The van der Waals surface area contributed by atoms with Gasteiger partial charge in [-0.15, -0.1) is 0 Å². The van der Waals surface area contributed by atoms with Gasteiger partial charge in [-0.2, -0.15) is 0 Å². The van der Waals surface area contributed by atoms with Gasteiger partial charge in [-0.1, -0.05) is 42.0 Å². The van der Waals surface area contributed by atoms with Gasteiger partial charge in [0, 0.05) is 0 Å². The van der Waals surface area contributed by atoms with Gasteiger partial charge in [0.15, 0.2) is 6.10 Å². The smallest absolute Gasteiger partial charge is 0.326 e. The molecule has 108 valence electrons. The normalized spacial score (nSPS) is 13.2. The van der Waals surface area contributed by atoms with Gasteiger partial charge in [0.25, 0.3) is 5.91 Å². The van der Waals surface area contributed by atoms with Crippen molar-refractivity contribution in [3.8, 4) is 0 Å². The lowest BCUT2D eigenvalue weighted by molar-refractivity contribution is -0.143. The summed E-state index contributed by atoms with van der Waals surface area (Å²) in [5.41, 5.74) is 1.39. The van der Waals surface area contributed by atoms with Crippen molar-refractivity contribution in [2.75, 3.05) is 0 Å². The standard InChI is InChI=1S/C15H19NO4/c1-10(2)8-9-12(15(19)20)16-14(18)13(17)11-6-4-3-5-7-11/h3-8,12-13,17H,9H2,1-2H3,(H,16,18)(H,19,20)/t12-,13+/m1/s1. The number of aliphatic hydroxyl groups excluding tert-OH is 1. The number of carboxylic acids is 1. The second-order valence-corrected chi connectivity index (χ2v) is 4.73. The highest BCUT2D eigenvalue weighted by Gasteiger charge is 2.23. The fourth-order valence-electron chi connectivity index (χ4n) is 1.61. The lowest BCUT2D eigenvalue weighted by Gasteiger charge is -2.16. The van der Waals surface area contributed by atoms with E-state index in [2.05, 4.69) is 5.32 Å². The summed E-state index contributed by atoms with van der Waals surface area (Å²) in [5, 5.41) is 21.3. The summed E-state index contributed by atoms with van der Waals surface area (Å²) in [6, 6.07) is 7.33. The van der Waals surface area contributed by atoms with Crippen molar-refractivity contribution in [3.63, 3.8) is 0 Å². The van der Waals surface area contributed by atoms with Crippen LogP contribution in [0, 0.1) is 0 Å². The summed E-state index contributed by atoms with van der Waals surface area (Å²) in [6.07, 6.45) is 0.545. The van der Waals surface area contributed by atoms with Gasteiger partial charge in [0.05, 0.1) is 0 Å². The van der Waals surface area contributed by atoms with Crippen LogP contribution in [0.15, 0.2) is 42.0 Å². The second kappa shape index (κ2) is 7.45. The van der Waals surface area contributed by atoms with Gasteiger partial charge in [-0.05, 0) is 25.8 Å². The number of rotatable bonds is 6. The number of aliphatic carboxylic acids is 1. The molecule has 1 amide bonds. The molecule has 0 bridgehead atoms. The Morgan fingerprint density at radius 1 is 1.25 bits per heavy atom. The molecule has 1 rings (SSSR count). The summed E-state index contributed by atoms with van der Waals surface area (Å²) in [7, 11) is 0. The predicted molar refractivity (Wildman–Crippen MR) is 75.0 cm³/mol. The molecule has 0 saturated heterocycles. The molecule has 5 heteroatoms. The minimum absolute atomic E-state index is 0.185. The number of allylic oxidation sites excluding steroid dienone is 1. The van der Waals surface area contributed by atoms with E-state index in [4.69, 9.17) is 5.11 Å². The van der Waals surface area contributed by atoms with E-state index in [0.717, 1.165) is 5.57 Å². The molecule has 0 aromatic heterocycles. The third kappa shape index (κ3) is 4.85. The summed E-state index contributed by atoms with van der Waals surface area (Å²) in [4.78, 5) is 22.9. The number of aliphatic hydroxyl groups is 1. The van der Waals surface area contributed by atoms with Crippen molar-refractivity contribution < 1.29 is 19.8 Å². The number of carbonyl (C=O) groups excluding carboxylic acids is 1. The molecule has 0 saturated carbocycles. The van der Waals surface area contributed by atoms with E-state index in [1.807, 2.05) is 13.8 Å². The number of amides is 1. The first-order chi connectivity index (χ1) is 9.41. The van der Waals surface area contributed by atoms with E-state index >= 15 is 0 Å². The highest BCUT2D eigenvalue weighted by Crippen LogP contribution is 2.12. The lowest BCUT2D eigenvalue weighted by atomic mass is 10.1. The molecular weight excluding hydrogens is 258 g/mol. The first-order valence-electron chi connectivity index (χ1n) is 6.31. The van der Waals surface area contributed by atoms with E-state index in [9.17, 15) is 14.7 Å². The van der Waals surface area contributed by atoms with E-state index in [1.54, 1.807) is 36.4 Å². The van der Waals surface area contributed by atoms with E-state index < -0.39 is 24.0 Å². The molecule has 0 aliphatic rings. The van der Waals surface area contributed by atoms with Crippen LogP contribution in [-0.4, -0.2) is 28.1 Å². The molecule has 20 heavy (non-hydrogen) atoms. The molecule has 3 N–H and O–H groups in total. The van der Waals surface area contributed by atoms with E-state index in [1.165, 1.54) is 0 Å². The number of hydrogen-bond donors (Lipinski definition) is 3. The molecule has 0 heterocycles. The van der Waals surface area contributed by atoms with Crippen LogP contribution in [0.1, 0.15) is 31.9 Å². The summed E-state index contributed by atoms with van der Waals surface area (Å²) < 4.78 is 0. The molecule has 0 fully saturated rings. The monoisotopic (exact) mass is 277 g/mol. The molecule has 1 aromatic rings. The Hall–Kier alpha value is -2.14. The fraction of sp³-hybridized carbons (Fsp3) is 0.333. The van der Waals surface area contributed by atoms with Crippen LogP contribution in [0.4, 0.5) is 0 Å². The molecule has 5 nitrogen and oxygen atoms in total. The Balaban J connectivity index is 2.71. The van der Waals surface area contributed by atoms with Crippen LogP contribution in [0.5, 0.6) is 0 Å². The van der Waals surface area contributed by atoms with Crippen molar-refractivity contribution in [3.05, 3.63) is 47.5 Å². The summed E-state index contributed by atoms with van der Waals surface area (Å²) in [5.74, 6) is -1.85. The van der Waals surface area contributed by atoms with Crippen molar-refractivity contribution in [2.45, 2.75) is 32.4 Å². The van der Waals surface area contributed by atoms with Gasteiger partial charge in [-0.3, -0.25) is 4.79 Å². The van der Waals surface area contributed by atoms with Crippen LogP contribution in [-0.2, 0) is 9.59 Å². The third-order valence-electron chi connectivity index (χ3n) is 2.74. The first kappa shape index (κ1) is 15.9. The van der Waals surface area contributed by atoms with Crippen molar-refractivity contribution in [1.82, 2.24) is 5.32 Å². The highest BCUT2D eigenvalue weighted by molar-refractivity contribution is 5.87. The maximum Gasteiger partial charge on any atom is 0.326 e. The Morgan fingerprint density at radius 2 is 1.85 bits per heavy atom. The Kier molecular flexibility index (Phi) is 5.93. The topological polar surface area (TPSA) is 86.6 Å². The van der Waals surface area contributed by atoms with Gasteiger partial charge < -0.3 is 15.5 Å². The molecule has 0 aliphatic carbocycles. The Labute approximate surface area is 117 Å². The first-order valence-corrected chi connectivity index (χ1v) is 6.31. The average Bonchev–Trinajstić information content (AvgIpc) is 2.42. The lowest BCUT2D eigenvalue weighted by Crippen LogP contribution is -2.42. The molecule has 0 unspecified atom stereocenters. The van der Waals surface area contributed by atoms with Crippen LogP contribution in [0.25, 0.3) is 0 Å².